The van der Waals surface area contributed by atoms with E-state index in [-0.39, 0.29) is 30.9 Å². The fourth-order valence-electron chi connectivity index (χ4n) is 1.75. The molecule has 7 nitrogen and oxygen atoms in total. The zero-order valence-corrected chi connectivity index (χ0v) is 12.7. The fourth-order valence-corrected chi connectivity index (χ4v) is 1.75. The molecular weight excluding hydrogens is 300 g/mol. The Morgan fingerprint density at radius 2 is 2.00 bits per heavy atom. The molecule has 0 aliphatic carbocycles. The minimum atomic E-state index is -0.564. The number of non-ortho nitro benzene ring substituents is 1. The maximum Gasteiger partial charge on any atom is 0.310 e. The van der Waals surface area contributed by atoms with Gasteiger partial charge < -0.3 is 4.74 Å². The topological polar surface area (TPSA) is 110 Å². The highest BCUT2D eigenvalue weighted by Crippen LogP contribution is 2.14. The average Bonchev–Trinajstić information content (AvgIpc) is 2.51. The summed E-state index contributed by atoms with van der Waals surface area (Å²) in [6, 6.07) is 7.80. The third-order valence-corrected chi connectivity index (χ3v) is 3.00. The number of ether oxygens (including phenoxy) is 1. The number of Topliss-reactive ketones (excluding diaryl/α,β-unsaturated/α-hetero) is 1. The number of nitriles is 1. The number of nitrogens with zero attached hydrogens (tertiary/aromatic N) is 2. The zero-order chi connectivity index (χ0) is 17.2. The van der Waals surface area contributed by atoms with Gasteiger partial charge in [-0.05, 0) is 18.9 Å². The first kappa shape index (κ1) is 18.0. The van der Waals surface area contributed by atoms with E-state index in [1.54, 1.807) is 18.2 Å². The first-order valence-corrected chi connectivity index (χ1v) is 6.90. The second-order valence-electron chi connectivity index (χ2n) is 4.72. The number of nitro groups is 1. The molecule has 0 aliphatic heterocycles. The van der Waals surface area contributed by atoms with Crippen molar-refractivity contribution in [1.29, 1.82) is 5.26 Å². The number of rotatable bonds is 8. The summed E-state index contributed by atoms with van der Waals surface area (Å²) < 4.78 is 4.83. The van der Waals surface area contributed by atoms with Gasteiger partial charge in [0, 0.05) is 17.7 Å². The molecule has 1 aromatic rings. The number of hydrogen-bond donors (Lipinski definition) is 0. The van der Waals surface area contributed by atoms with E-state index in [1.165, 1.54) is 19.1 Å². The third-order valence-electron chi connectivity index (χ3n) is 3.00. The van der Waals surface area contributed by atoms with Crippen LogP contribution in [-0.4, -0.2) is 23.3 Å². The zero-order valence-electron chi connectivity index (χ0n) is 12.7. The van der Waals surface area contributed by atoms with Crippen LogP contribution < -0.4 is 0 Å². The lowest BCUT2D eigenvalue weighted by Crippen LogP contribution is -2.10. The summed E-state index contributed by atoms with van der Waals surface area (Å²) in [5, 5.41) is 18.9. The number of carbonyl (C=O) groups is 2. The van der Waals surface area contributed by atoms with Gasteiger partial charge in [-0.2, -0.15) is 5.26 Å². The normalized spacial score (nSPS) is 10.7. The molecule has 0 saturated carbocycles. The highest BCUT2D eigenvalue weighted by molar-refractivity contribution is 5.97. The Balaban J connectivity index is 2.68. The number of carbonyl (C=O) groups excluding carboxylic acids is 2. The second kappa shape index (κ2) is 9.10. The second-order valence-corrected chi connectivity index (χ2v) is 4.72. The molecule has 0 atom stereocenters. The van der Waals surface area contributed by atoms with Crippen molar-refractivity contribution in [2.24, 2.45) is 0 Å². The van der Waals surface area contributed by atoms with Crippen LogP contribution in [0.3, 0.4) is 0 Å². The first-order valence-electron chi connectivity index (χ1n) is 6.90. The van der Waals surface area contributed by atoms with E-state index in [4.69, 9.17) is 10.00 Å². The maximum absolute atomic E-state index is 11.6. The fraction of sp³-hybridized carbons (Fsp3) is 0.312. The van der Waals surface area contributed by atoms with Gasteiger partial charge in [-0.25, -0.2) is 0 Å². The molecule has 0 heterocycles. The lowest BCUT2D eigenvalue weighted by molar-refractivity contribution is -0.384. The molecule has 1 rings (SSSR count). The van der Waals surface area contributed by atoms with Gasteiger partial charge in [-0.3, -0.25) is 19.7 Å². The van der Waals surface area contributed by atoms with Gasteiger partial charge in [0.15, 0.2) is 5.78 Å². The maximum atomic E-state index is 11.6. The molecule has 0 saturated heterocycles. The van der Waals surface area contributed by atoms with Crippen molar-refractivity contribution in [3.8, 4) is 6.07 Å². The predicted molar refractivity (Wildman–Crippen MR) is 81.4 cm³/mol. The van der Waals surface area contributed by atoms with Crippen molar-refractivity contribution in [3.63, 3.8) is 0 Å². The Morgan fingerprint density at radius 1 is 1.35 bits per heavy atom. The van der Waals surface area contributed by atoms with E-state index in [9.17, 15) is 19.7 Å². The molecule has 0 N–H and O–H groups in total. The van der Waals surface area contributed by atoms with Gasteiger partial charge in [0.25, 0.3) is 5.69 Å². The van der Waals surface area contributed by atoms with Crippen LogP contribution in [0.1, 0.15) is 25.3 Å². The molecule has 0 aromatic heterocycles. The molecule has 1 aromatic carbocycles. The molecule has 0 aliphatic rings. The van der Waals surface area contributed by atoms with Crippen LogP contribution in [0, 0.1) is 21.4 Å². The van der Waals surface area contributed by atoms with Crippen molar-refractivity contribution < 1.29 is 19.2 Å². The van der Waals surface area contributed by atoms with E-state index in [0.717, 1.165) is 5.56 Å². The van der Waals surface area contributed by atoms with Crippen molar-refractivity contribution >= 4 is 17.4 Å². The molecule has 0 spiro atoms. The highest BCUT2D eigenvalue weighted by Gasteiger charge is 2.11. The summed E-state index contributed by atoms with van der Waals surface area (Å²) in [4.78, 5) is 33.2. The molecule has 0 amide bonds. The molecule has 120 valence electrons. The molecule has 0 unspecified atom stereocenters. The largest absolute Gasteiger partial charge is 0.464 e. The van der Waals surface area contributed by atoms with Crippen LogP contribution >= 0.6 is 0 Å². The summed E-state index contributed by atoms with van der Waals surface area (Å²) in [6.07, 6.45) is 1.93. The monoisotopic (exact) mass is 316 g/mol. The Kier molecular flexibility index (Phi) is 7.14. The summed E-state index contributed by atoms with van der Waals surface area (Å²) in [5.41, 5.74) is 1.09. The molecule has 0 radical (unpaired) electrons. The number of hydrogen-bond acceptors (Lipinski definition) is 6. The van der Waals surface area contributed by atoms with Gasteiger partial charge >= 0.3 is 5.97 Å². The SMILES string of the molecule is CC(=O)C(=CCc1ccc([N+](=O)[O-])cc1)CC(=O)OCCC#N. The number of ketones is 1. The van der Waals surface area contributed by atoms with Crippen molar-refractivity contribution in [2.75, 3.05) is 6.61 Å². The molecule has 7 heteroatoms. The number of benzene rings is 1. The summed E-state index contributed by atoms with van der Waals surface area (Å²) in [7, 11) is 0. The summed E-state index contributed by atoms with van der Waals surface area (Å²) in [6.45, 7) is 1.35. The van der Waals surface area contributed by atoms with Crippen molar-refractivity contribution in [3.05, 3.63) is 51.6 Å². The van der Waals surface area contributed by atoms with Crippen LogP contribution in [0.15, 0.2) is 35.9 Å². The third kappa shape index (κ3) is 6.52. The standard InChI is InChI=1S/C16H16N2O5/c1-12(19)14(11-16(20)23-10-2-9-17)6-3-13-4-7-15(8-5-13)18(21)22/h4-8H,2-3,10-11H2,1H3. The molecule has 0 fully saturated rings. The summed E-state index contributed by atoms with van der Waals surface area (Å²) >= 11 is 0. The van der Waals surface area contributed by atoms with E-state index in [2.05, 4.69) is 0 Å². The Labute approximate surface area is 133 Å². The quantitative estimate of drug-likeness (QED) is 0.239. The van der Waals surface area contributed by atoms with E-state index >= 15 is 0 Å². The lowest BCUT2D eigenvalue weighted by atomic mass is 10.0. The number of esters is 1. The van der Waals surface area contributed by atoms with Crippen LogP contribution in [0.25, 0.3) is 0 Å². The van der Waals surface area contributed by atoms with Gasteiger partial charge in [0.05, 0.1) is 23.8 Å². The molecular formula is C16H16N2O5. The lowest BCUT2D eigenvalue weighted by Gasteiger charge is -2.05. The smallest absolute Gasteiger partial charge is 0.310 e. The van der Waals surface area contributed by atoms with Gasteiger partial charge in [0.1, 0.15) is 6.61 Å². The Hall–Kier alpha value is -3.01. The van der Waals surface area contributed by atoms with E-state index in [1.807, 2.05) is 6.07 Å². The van der Waals surface area contributed by atoms with Crippen molar-refractivity contribution in [2.45, 2.75) is 26.2 Å². The summed E-state index contributed by atoms with van der Waals surface area (Å²) in [5.74, 6) is -0.811. The first-order chi connectivity index (χ1) is 10.9. The molecule has 23 heavy (non-hydrogen) atoms. The predicted octanol–water partition coefficient (Wildman–Crippen LogP) is 2.50. The Morgan fingerprint density at radius 3 is 2.52 bits per heavy atom. The van der Waals surface area contributed by atoms with Gasteiger partial charge in [-0.15, -0.1) is 0 Å². The van der Waals surface area contributed by atoms with Crippen LogP contribution in [0.4, 0.5) is 5.69 Å². The van der Waals surface area contributed by atoms with Crippen LogP contribution in [-0.2, 0) is 20.7 Å². The van der Waals surface area contributed by atoms with E-state index in [0.29, 0.717) is 12.0 Å². The van der Waals surface area contributed by atoms with Crippen LogP contribution in [0.5, 0.6) is 0 Å². The van der Waals surface area contributed by atoms with Gasteiger partial charge in [0.2, 0.25) is 0 Å². The van der Waals surface area contributed by atoms with Gasteiger partial charge in [-0.1, -0.05) is 18.2 Å². The highest BCUT2D eigenvalue weighted by atomic mass is 16.6. The van der Waals surface area contributed by atoms with Crippen LogP contribution in [0.2, 0.25) is 0 Å². The average molecular weight is 316 g/mol. The van der Waals surface area contributed by atoms with Crippen molar-refractivity contribution in [1.82, 2.24) is 0 Å². The number of nitro benzene ring substituents is 1. The minimum Gasteiger partial charge on any atom is -0.464 e. The molecule has 0 bridgehead atoms. The Bertz CT molecular complexity index is 656. The van der Waals surface area contributed by atoms with E-state index < -0.39 is 10.9 Å². The minimum absolute atomic E-state index is 0.00285. The number of allylic oxidation sites excluding steroid dienone is 1.